The van der Waals surface area contributed by atoms with Gasteiger partial charge in [-0.05, 0) is 18.6 Å². The van der Waals surface area contributed by atoms with Crippen LogP contribution in [0.15, 0.2) is 24.8 Å². The van der Waals surface area contributed by atoms with Crippen LogP contribution in [0.5, 0.6) is 11.5 Å². The summed E-state index contributed by atoms with van der Waals surface area (Å²) >= 11 is 0. The van der Waals surface area contributed by atoms with Crippen LogP contribution in [0.1, 0.15) is 19.4 Å². The molecule has 0 amide bonds. The summed E-state index contributed by atoms with van der Waals surface area (Å²) in [5.41, 5.74) is 1.65. The monoisotopic (exact) mass is 271 g/mol. The number of alkyl halides is 2. The van der Waals surface area contributed by atoms with Gasteiger partial charge in [0.25, 0.3) is 0 Å². The van der Waals surface area contributed by atoms with Gasteiger partial charge in [-0.3, -0.25) is 0 Å². The fourth-order valence-corrected chi connectivity index (χ4v) is 1.79. The number of halogens is 2. The highest BCUT2D eigenvalue weighted by Gasteiger charge is 2.43. The molecule has 0 fully saturated rings. The van der Waals surface area contributed by atoms with Crippen LogP contribution in [0.25, 0.3) is 0 Å². The van der Waals surface area contributed by atoms with Crippen LogP contribution in [-0.4, -0.2) is 19.9 Å². The molecule has 0 aliphatic carbocycles. The molecule has 0 spiro atoms. The van der Waals surface area contributed by atoms with Gasteiger partial charge in [0.05, 0.1) is 0 Å². The van der Waals surface area contributed by atoms with Crippen LogP contribution >= 0.6 is 0 Å². The van der Waals surface area contributed by atoms with E-state index in [4.69, 9.17) is 0 Å². The maximum Gasteiger partial charge on any atom is 0.586 e. The van der Waals surface area contributed by atoms with E-state index in [0.717, 1.165) is 11.3 Å². The second-order valence-corrected chi connectivity index (χ2v) is 3.92. The third-order valence-corrected chi connectivity index (χ3v) is 2.53. The summed E-state index contributed by atoms with van der Waals surface area (Å²) in [6.45, 7) is 10.1. The lowest BCUT2D eigenvalue weighted by Crippen LogP contribution is -2.25. The molecule has 2 rings (SSSR count). The predicted molar refractivity (Wildman–Crippen MR) is 72.2 cm³/mol. The number of fused-ring (bicyclic) bond motifs is 1. The zero-order chi connectivity index (χ0) is 14.6. The minimum atomic E-state index is -3.57. The van der Waals surface area contributed by atoms with Crippen LogP contribution in [0.2, 0.25) is 0 Å². The smallest absolute Gasteiger partial charge is 0.395 e. The van der Waals surface area contributed by atoms with E-state index in [9.17, 15) is 8.78 Å². The average Bonchev–Trinajstić information content (AvgIpc) is 2.64. The molecule has 1 aliphatic rings. The minimum absolute atomic E-state index is 0.0616. The lowest BCUT2D eigenvalue weighted by Gasteiger charge is -2.19. The molecule has 5 heteroatoms. The number of nitrogens with zero attached hydrogens (tertiary/aromatic N) is 1. The van der Waals surface area contributed by atoms with E-state index >= 15 is 0 Å². The van der Waals surface area contributed by atoms with E-state index in [0.29, 0.717) is 6.54 Å². The fraction of sp³-hybridized carbons (Fsp3) is 0.429. The van der Waals surface area contributed by atoms with Gasteiger partial charge in [0.2, 0.25) is 0 Å². The zero-order valence-electron chi connectivity index (χ0n) is 11.7. The van der Waals surface area contributed by atoms with Gasteiger partial charge in [-0.15, -0.1) is 15.4 Å². The van der Waals surface area contributed by atoms with Crippen molar-refractivity contribution in [2.24, 2.45) is 0 Å². The Morgan fingerprint density at radius 3 is 2.32 bits per heavy atom. The lowest BCUT2D eigenvalue weighted by atomic mass is 10.1. The molecule has 0 saturated heterocycles. The van der Waals surface area contributed by atoms with Crippen molar-refractivity contribution < 1.29 is 18.3 Å². The molecule has 106 valence electrons. The molecule has 19 heavy (non-hydrogen) atoms. The third kappa shape index (κ3) is 3.36. The molecule has 3 nitrogen and oxygen atoms in total. The van der Waals surface area contributed by atoms with E-state index in [1.165, 1.54) is 0 Å². The number of anilines is 1. The second-order valence-electron chi connectivity index (χ2n) is 3.92. The standard InChI is InChI=1S/C12H13F2NO2.C2H6/c1-4-5-15(3)9-7-11-10(6-8(9)2)16-12(13,14)17-11;1-2/h4,6-7H,1,5H2,2-3H3;1-2H3. The topological polar surface area (TPSA) is 21.7 Å². The van der Waals surface area contributed by atoms with Crippen LogP contribution in [0, 0.1) is 6.92 Å². The third-order valence-electron chi connectivity index (χ3n) is 2.53. The van der Waals surface area contributed by atoms with E-state index in [1.54, 1.807) is 18.2 Å². The van der Waals surface area contributed by atoms with Gasteiger partial charge < -0.3 is 14.4 Å². The minimum Gasteiger partial charge on any atom is -0.395 e. The van der Waals surface area contributed by atoms with Crippen molar-refractivity contribution in [2.45, 2.75) is 27.1 Å². The van der Waals surface area contributed by atoms with Crippen molar-refractivity contribution in [3.63, 3.8) is 0 Å². The zero-order valence-corrected chi connectivity index (χ0v) is 11.7. The maximum atomic E-state index is 12.9. The molecule has 0 bridgehead atoms. The first-order valence-electron chi connectivity index (χ1n) is 6.15. The van der Waals surface area contributed by atoms with Crippen molar-refractivity contribution in [3.8, 4) is 11.5 Å². The first-order valence-corrected chi connectivity index (χ1v) is 6.15. The van der Waals surface area contributed by atoms with Gasteiger partial charge in [-0.1, -0.05) is 19.9 Å². The Morgan fingerprint density at radius 1 is 1.26 bits per heavy atom. The Morgan fingerprint density at radius 2 is 1.79 bits per heavy atom. The highest BCUT2D eigenvalue weighted by molar-refractivity contribution is 5.62. The summed E-state index contributed by atoms with van der Waals surface area (Å²) in [5.74, 6) is 0.134. The normalized spacial score (nSPS) is 14.4. The Kier molecular flexibility index (Phi) is 4.75. The average molecular weight is 271 g/mol. The molecular formula is C14H19F2NO2. The van der Waals surface area contributed by atoms with Gasteiger partial charge >= 0.3 is 6.29 Å². The van der Waals surface area contributed by atoms with E-state index in [2.05, 4.69) is 16.1 Å². The molecular weight excluding hydrogens is 252 g/mol. The van der Waals surface area contributed by atoms with E-state index < -0.39 is 6.29 Å². The highest BCUT2D eigenvalue weighted by Crippen LogP contribution is 2.44. The molecule has 1 aromatic rings. The van der Waals surface area contributed by atoms with Crippen molar-refractivity contribution in [2.75, 3.05) is 18.5 Å². The summed E-state index contributed by atoms with van der Waals surface area (Å²) in [6, 6.07) is 3.10. The van der Waals surface area contributed by atoms with Gasteiger partial charge in [0.15, 0.2) is 11.5 Å². The van der Waals surface area contributed by atoms with Crippen molar-refractivity contribution in [1.29, 1.82) is 0 Å². The number of benzene rings is 1. The number of rotatable bonds is 3. The van der Waals surface area contributed by atoms with E-state index in [-0.39, 0.29) is 11.5 Å². The molecule has 1 heterocycles. The van der Waals surface area contributed by atoms with Gasteiger partial charge in [0.1, 0.15) is 0 Å². The van der Waals surface area contributed by atoms with Crippen molar-refractivity contribution >= 4 is 5.69 Å². The van der Waals surface area contributed by atoms with Crippen LogP contribution < -0.4 is 14.4 Å². The lowest BCUT2D eigenvalue weighted by molar-refractivity contribution is -0.286. The first-order chi connectivity index (χ1) is 8.93. The first kappa shape index (κ1) is 15.3. The molecule has 0 unspecified atom stereocenters. The van der Waals surface area contributed by atoms with Crippen LogP contribution in [0.4, 0.5) is 14.5 Å². The van der Waals surface area contributed by atoms with Crippen molar-refractivity contribution in [1.82, 2.24) is 0 Å². The molecule has 0 atom stereocenters. The quantitative estimate of drug-likeness (QED) is 0.777. The maximum absolute atomic E-state index is 12.9. The van der Waals surface area contributed by atoms with Gasteiger partial charge in [-0.25, -0.2) is 0 Å². The predicted octanol–water partition coefficient (Wildman–Crippen LogP) is 3.96. The fourth-order valence-electron chi connectivity index (χ4n) is 1.79. The second kappa shape index (κ2) is 5.91. The number of hydrogen-bond acceptors (Lipinski definition) is 3. The van der Waals surface area contributed by atoms with Crippen LogP contribution in [-0.2, 0) is 0 Å². The van der Waals surface area contributed by atoms with Crippen molar-refractivity contribution in [3.05, 3.63) is 30.4 Å². The Hall–Kier alpha value is -1.78. The molecule has 1 aliphatic heterocycles. The van der Waals surface area contributed by atoms with Crippen LogP contribution in [0.3, 0.4) is 0 Å². The molecule has 0 saturated carbocycles. The number of likely N-dealkylation sites (N-methyl/N-ethyl adjacent to an activating group) is 1. The van der Waals surface area contributed by atoms with E-state index in [1.807, 2.05) is 32.7 Å². The summed E-state index contributed by atoms with van der Waals surface area (Å²) < 4.78 is 34.5. The Balaban J connectivity index is 0.000000861. The number of aryl methyl sites for hydroxylation is 1. The SMILES string of the molecule is C=CCN(C)c1cc2c(cc1C)OC(F)(F)O2.CC. The summed E-state index contributed by atoms with van der Waals surface area (Å²) in [4.78, 5) is 1.89. The largest absolute Gasteiger partial charge is 0.586 e. The molecule has 0 N–H and O–H groups in total. The summed E-state index contributed by atoms with van der Waals surface area (Å²) in [7, 11) is 1.85. The summed E-state index contributed by atoms with van der Waals surface area (Å²) in [6.07, 6.45) is -1.83. The number of ether oxygens (including phenoxy) is 2. The van der Waals surface area contributed by atoms with Gasteiger partial charge in [0, 0.05) is 25.3 Å². The number of hydrogen-bond donors (Lipinski definition) is 0. The molecule has 0 aromatic heterocycles. The van der Waals surface area contributed by atoms with Gasteiger partial charge in [-0.2, -0.15) is 0 Å². The summed E-state index contributed by atoms with van der Waals surface area (Å²) in [5, 5.41) is 0. The Labute approximate surface area is 112 Å². The molecule has 1 aromatic carbocycles. The molecule has 0 radical (unpaired) electrons. The Bertz CT molecular complexity index is 461. The highest BCUT2D eigenvalue weighted by atomic mass is 19.3.